The average molecular weight is 313 g/mol. The fourth-order valence-corrected chi connectivity index (χ4v) is 2.76. The van der Waals surface area contributed by atoms with Gasteiger partial charge in [-0.25, -0.2) is 0 Å². The molecule has 0 radical (unpaired) electrons. The summed E-state index contributed by atoms with van der Waals surface area (Å²) in [6, 6.07) is 7.49. The maximum Gasteiger partial charge on any atom is 0.223 e. The molecule has 0 amide bonds. The minimum absolute atomic E-state index is 0.0483. The lowest BCUT2D eigenvalue weighted by atomic mass is 9.91. The van der Waals surface area contributed by atoms with Crippen LogP contribution in [0.25, 0.3) is 10.9 Å². The van der Waals surface area contributed by atoms with Crippen LogP contribution in [0, 0.1) is 10.1 Å². The van der Waals surface area contributed by atoms with E-state index in [1.807, 2.05) is 24.3 Å². The lowest BCUT2D eigenvalue weighted by Crippen LogP contribution is -2.19. The van der Waals surface area contributed by atoms with Crippen LogP contribution in [0.1, 0.15) is 17.0 Å². The molecule has 118 valence electrons. The monoisotopic (exact) mass is 313 g/mol. The molecule has 0 saturated carbocycles. The molecule has 2 aromatic heterocycles. The van der Waals surface area contributed by atoms with E-state index in [1.54, 1.807) is 6.20 Å². The standard InChI is InChI=1S/C14H15N7O2/c15-12-11(13(16)20-14(17)19-12)9(6-21(22)23)8-5-18-10-4-2-1-3-7(8)10/h1-5,9,18H,6H2,(H6,15,16,17,19,20). The van der Waals surface area contributed by atoms with Crippen LogP contribution >= 0.6 is 0 Å². The van der Waals surface area contributed by atoms with Crippen LogP contribution in [0.2, 0.25) is 0 Å². The van der Waals surface area contributed by atoms with Crippen molar-refractivity contribution in [2.75, 3.05) is 23.7 Å². The third-order valence-corrected chi connectivity index (χ3v) is 3.70. The van der Waals surface area contributed by atoms with Crippen LogP contribution in [-0.2, 0) is 0 Å². The Morgan fingerprint density at radius 2 is 1.83 bits per heavy atom. The van der Waals surface area contributed by atoms with Crippen molar-refractivity contribution >= 4 is 28.5 Å². The number of anilines is 3. The third-order valence-electron chi connectivity index (χ3n) is 3.70. The zero-order valence-electron chi connectivity index (χ0n) is 12.1. The molecular weight excluding hydrogens is 298 g/mol. The molecule has 1 unspecified atom stereocenters. The van der Waals surface area contributed by atoms with Gasteiger partial charge in [-0.15, -0.1) is 0 Å². The lowest BCUT2D eigenvalue weighted by Gasteiger charge is -2.16. The highest BCUT2D eigenvalue weighted by molar-refractivity contribution is 5.84. The number of hydrogen-bond acceptors (Lipinski definition) is 7. The Morgan fingerprint density at radius 3 is 2.48 bits per heavy atom. The Kier molecular flexibility index (Phi) is 3.45. The van der Waals surface area contributed by atoms with Gasteiger partial charge in [0.1, 0.15) is 11.6 Å². The van der Waals surface area contributed by atoms with E-state index < -0.39 is 10.8 Å². The Bertz CT molecular complexity index is 867. The van der Waals surface area contributed by atoms with Gasteiger partial charge in [0.05, 0.1) is 11.5 Å². The summed E-state index contributed by atoms with van der Waals surface area (Å²) in [6.07, 6.45) is 1.72. The molecule has 23 heavy (non-hydrogen) atoms. The summed E-state index contributed by atoms with van der Waals surface area (Å²) in [4.78, 5) is 21.6. The number of nitrogen functional groups attached to an aromatic ring is 3. The zero-order chi connectivity index (χ0) is 16.6. The van der Waals surface area contributed by atoms with Gasteiger partial charge < -0.3 is 22.2 Å². The van der Waals surface area contributed by atoms with Crippen molar-refractivity contribution in [3.8, 4) is 0 Å². The fraction of sp³-hybridized carbons (Fsp3) is 0.143. The van der Waals surface area contributed by atoms with Gasteiger partial charge in [0, 0.05) is 22.0 Å². The second-order valence-electron chi connectivity index (χ2n) is 5.12. The molecule has 0 spiro atoms. The highest BCUT2D eigenvalue weighted by Gasteiger charge is 2.28. The van der Waals surface area contributed by atoms with Crippen LogP contribution < -0.4 is 17.2 Å². The van der Waals surface area contributed by atoms with Crippen molar-refractivity contribution in [3.05, 3.63) is 51.7 Å². The molecule has 0 aliphatic carbocycles. The highest BCUT2D eigenvalue weighted by atomic mass is 16.6. The van der Waals surface area contributed by atoms with Gasteiger partial charge in [-0.05, 0) is 11.6 Å². The first-order valence-corrected chi connectivity index (χ1v) is 6.83. The molecule has 0 bridgehead atoms. The largest absolute Gasteiger partial charge is 0.383 e. The normalized spacial score (nSPS) is 12.3. The zero-order valence-corrected chi connectivity index (χ0v) is 12.1. The van der Waals surface area contributed by atoms with Gasteiger partial charge in [-0.2, -0.15) is 9.97 Å². The van der Waals surface area contributed by atoms with Crippen molar-refractivity contribution in [3.63, 3.8) is 0 Å². The summed E-state index contributed by atoms with van der Waals surface area (Å²) in [5, 5.41) is 12.0. The average Bonchev–Trinajstić information content (AvgIpc) is 2.88. The summed E-state index contributed by atoms with van der Waals surface area (Å²) in [5.74, 6) is -0.649. The van der Waals surface area contributed by atoms with E-state index >= 15 is 0 Å². The second kappa shape index (κ2) is 5.44. The first-order chi connectivity index (χ1) is 11.0. The summed E-state index contributed by atoms with van der Waals surface area (Å²) in [7, 11) is 0. The summed E-state index contributed by atoms with van der Waals surface area (Å²) in [6.45, 7) is -0.385. The van der Waals surface area contributed by atoms with Crippen molar-refractivity contribution < 1.29 is 4.92 Å². The number of aromatic nitrogens is 3. The van der Waals surface area contributed by atoms with E-state index in [0.29, 0.717) is 11.1 Å². The van der Waals surface area contributed by atoms with Gasteiger partial charge in [0.25, 0.3) is 0 Å². The van der Waals surface area contributed by atoms with Gasteiger partial charge >= 0.3 is 0 Å². The van der Waals surface area contributed by atoms with Gasteiger partial charge in [0.15, 0.2) is 0 Å². The number of aromatic amines is 1. The number of fused-ring (bicyclic) bond motifs is 1. The van der Waals surface area contributed by atoms with Crippen LogP contribution in [0.3, 0.4) is 0 Å². The molecule has 0 saturated heterocycles. The minimum Gasteiger partial charge on any atom is -0.383 e. The van der Waals surface area contributed by atoms with Gasteiger partial charge in [-0.3, -0.25) is 10.1 Å². The Morgan fingerprint density at radius 1 is 1.17 bits per heavy atom. The SMILES string of the molecule is Nc1nc(N)c(C(C[N+](=O)[O-])c2c[nH]c3ccccc23)c(N)n1. The van der Waals surface area contributed by atoms with E-state index in [9.17, 15) is 10.1 Å². The fourth-order valence-electron chi connectivity index (χ4n) is 2.76. The van der Waals surface area contributed by atoms with Crippen LogP contribution in [0.5, 0.6) is 0 Å². The number of benzene rings is 1. The summed E-state index contributed by atoms with van der Waals surface area (Å²) < 4.78 is 0. The first kappa shape index (κ1) is 14.6. The van der Waals surface area contributed by atoms with E-state index in [2.05, 4.69) is 15.0 Å². The number of nitrogens with one attached hydrogen (secondary N) is 1. The molecule has 7 N–H and O–H groups in total. The number of nitrogens with zero attached hydrogens (tertiary/aromatic N) is 3. The van der Waals surface area contributed by atoms with Gasteiger partial charge in [-0.1, -0.05) is 18.2 Å². The Balaban J connectivity index is 2.22. The molecule has 2 heterocycles. The summed E-state index contributed by atoms with van der Waals surface area (Å²) in [5.41, 5.74) is 19.2. The molecule has 3 aromatic rings. The number of para-hydroxylation sites is 1. The minimum atomic E-state index is -0.679. The van der Waals surface area contributed by atoms with E-state index in [1.165, 1.54) is 0 Å². The molecule has 9 heteroatoms. The molecule has 1 atom stereocenters. The summed E-state index contributed by atoms with van der Waals surface area (Å²) >= 11 is 0. The predicted octanol–water partition coefficient (Wildman–Crippen LogP) is 1.11. The number of nitrogens with two attached hydrogens (primary N) is 3. The third kappa shape index (κ3) is 2.59. The maximum absolute atomic E-state index is 11.2. The number of hydrogen-bond donors (Lipinski definition) is 4. The van der Waals surface area contributed by atoms with E-state index in [0.717, 1.165) is 10.9 Å². The number of rotatable bonds is 4. The maximum atomic E-state index is 11.2. The molecule has 3 rings (SSSR count). The Hall–Kier alpha value is -3.36. The highest BCUT2D eigenvalue weighted by Crippen LogP contribution is 2.35. The topological polar surface area (TPSA) is 163 Å². The second-order valence-corrected chi connectivity index (χ2v) is 5.12. The van der Waals surface area contributed by atoms with Crippen LogP contribution in [0.15, 0.2) is 30.5 Å². The lowest BCUT2D eigenvalue weighted by molar-refractivity contribution is -0.481. The van der Waals surface area contributed by atoms with Crippen molar-refractivity contribution in [1.29, 1.82) is 0 Å². The number of nitro groups is 1. The van der Waals surface area contributed by atoms with Crippen molar-refractivity contribution in [2.45, 2.75) is 5.92 Å². The van der Waals surface area contributed by atoms with Crippen molar-refractivity contribution in [1.82, 2.24) is 15.0 Å². The molecule has 0 aliphatic heterocycles. The first-order valence-electron chi connectivity index (χ1n) is 6.83. The molecule has 0 fully saturated rings. The predicted molar refractivity (Wildman–Crippen MR) is 87.3 cm³/mol. The Labute approximate surface area is 130 Å². The quantitative estimate of drug-likeness (QED) is 0.414. The molecule has 0 aliphatic rings. The van der Waals surface area contributed by atoms with Crippen LogP contribution in [-0.4, -0.2) is 26.4 Å². The van der Waals surface area contributed by atoms with Crippen molar-refractivity contribution in [2.24, 2.45) is 0 Å². The van der Waals surface area contributed by atoms with E-state index in [4.69, 9.17) is 17.2 Å². The van der Waals surface area contributed by atoms with Crippen LogP contribution in [0.4, 0.5) is 17.6 Å². The molecule has 9 nitrogen and oxygen atoms in total. The molecule has 1 aromatic carbocycles. The van der Waals surface area contributed by atoms with E-state index in [-0.39, 0.29) is 24.1 Å². The smallest absolute Gasteiger partial charge is 0.223 e. The molecular formula is C14H15N7O2. The number of H-pyrrole nitrogens is 1. The van der Waals surface area contributed by atoms with Gasteiger partial charge in [0.2, 0.25) is 12.5 Å².